The highest BCUT2D eigenvalue weighted by Crippen LogP contribution is 2.35. The molecule has 0 atom stereocenters. The number of pyridine rings is 1. The van der Waals surface area contributed by atoms with E-state index >= 15 is 0 Å². The molecule has 0 aliphatic rings. The predicted molar refractivity (Wildman–Crippen MR) is 111 cm³/mol. The smallest absolute Gasteiger partial charge is 0.276 e. The number of hydrogen-bond donors (Lipinski definition) is 3. The van der Waals surface area contributed by atoms with Crippen molar-refractivity contribution in [2.24, 2.45) is 0 Å². The normalized spacial score (nSPS) is 11.6. The van der Waals surface area contributed by atoms with Crippen LogP contribution in [0.2, 0.25) is 0 Å². The summed E-state index contributed by atoms with van der Waals surface area (Å²) in [6.07, 6.45) is 1.50. The molecule has 0 unspecified atom stereocenters. The summed E-state index contributed by atoms with van der Waals surface area (Å²) < 4.78 is 6.98. The van der Waals surface area contributed by atoms with Crippen LogP contribution in [0, 0.1) is 0 Å². The number of nitrogen functional groups attached to an aromatic ring is 1. The maximum Gasteiger partial charge on any atom is 0.276 e. The molecule has 0 spiro atoms. The third-order valence-corrected chi connectivity index (χ3v) is 5.07. The first-order valence-corrected chi connectivity index (χ1v) is 9.22. The largest absolute Gasteiger partial charge is 0.464 e. The summed E-state index contributed by atoms with van der Waals surface area (Å²) in [5.41, 5.74) is 7.62. The van der Waals surface area contributed by atoms with Crippen molar-refractivity contribution in [3.63, 3.8) is 0 Å². The SMILES string of the molecule is Nc1c(C(=O)c2ccccc2)nnc2c3c(-c4ccco4)c4c(=O)[nH]nc4nc3[nH]n12. The van der Waals surface area contributed by atoms with E-state index in [2.05, 4.69) is 30.5 Å². The number of nitrogens with one attached hydrogen (secondary N) is 2. The van der Waals surface area contributed by atoms with Crippen LogP contribution < -0.4 is 11.3 Å². The fourth-order valence-electron chi connectivity index (χ4n) is 3.68. The summed E-state index contributed by atoms with van der Waals surface area (Å²) in [7, 11) is 0. The van der Waals surface area contributed by atoms with E-state index in [9.17, 15) is 9.59 Å². The van der Waals surface area contributed by atoms with E-state index in [1.807, 2.05) is 6.07 Å². The number of aromatic nitrogens is 7. The molecule has 0 radical (unpaired) electrons. The number of nitrogens with two attached hydrogens (primary N) is 1. The van der Waals surface area contributed by atoms with Crippen LogP contribution in [0.1, 0.15) is 16.1 Å². The minimum absolute atomic E-state index is 0.00947. The van der Waals surface area contributed by atoms with Crippen LogP contribution in [0.25, 0.3) is 39.0 Å². The topological polar surface area (TPSA) is 161 Å². The third-order valence-electron chi connectivity index (χ3n) is 5.07. The summed E-state index contributed by atoms with van der Waals surface area (Å²) in [6, 6.07) is 12.1. The number of nitrogens with zero attached hydrogens (tertiary/aromatic N) is 5. The van der Waals surface area contributed by atoms with Crippen LogP contribution >= 0.6 is 0 Å². The lowest BCUT2D eigenvalue weighted by Gasteiger charge is -2.05. The van der Waals surface area contributed by atoms with E-state index < -0.39 is 5.56 Å². The molecule has 31 heavy (non-hydrogen) atoms. The lowest BCUT2D eigenvalue weighted by atomic mass is 10.1. The number of hydrogen-bond acceptors (Lipinski definition) is 8. The van der Waals surface area contributed by atoms with E-state index in [1.54, 1.807) is 36.4 Å². The first kappa shape index (κ1) is 17.1. The lowest BCUT2D eigenvalue weighted by Crippen LogP contribution is -2.14. The van der Waals surface area contributed by atoms with Gasteiger partial charge in [-0.05, 0) is 12.1 Å². The van der Waals surface area contributed by atoms with Crippen molar-refractivity contribution >= 4 is 39.3 Å². The van der Waals surface area contributed by atoms with Crippen LogP contribution in [0.4, 0.5) is 5.82 Å². The Bertz CT molecular complexity index is 1680. The molecule has 5 heterocycles. The molecule has 6 rings (SSSR count). The van der Waals surface area contributed by atoms with E-state index in [-0.39, 0.29) is 28.3 Å². The molecule has 0 bridgehead atoms. The van der Waals surface area contributed by atoms with Crippen molar-refractivity contribution in [1.29, 1.82) is 0 Å². The average molecular weight is 412 g/mol. The molecule has 0 amide bonds. The average Bonchev–Trinajstić information content (AvgIpc) is 3.53. The number of H-pyrrole nitrogens is 2. The van der Waals surface area contributed by atoms with Crippen molar-refractivity contribution < 1.29 is 9.21 Å². The maximum absolute atomic E-state index is 12.9. The number of carbonyl (C=O) groups excluding carboxylic acids is 1. The van der Waals surface area contributed by atoms with Gasteiger partial charge in [-0.1, -0.05) is 30.3 Å². The van der Waals surface area contributed by atoms with Crippen molar-refractivity contribution in [3.8, 4) is 11.3 Å². The molecule has 0 aliphatic carbocycles. The third kappa shape index (κ3) is 2.34. The van der Waals surface area contributed by atoms with E-state index in [1.165, 1.54) is 10.8 Å². The van der Waals surface area contributed by atoms with Crippen LogP contribution in [0.3, 0.4) is 0 Å². The van der Waals surface area contributed by atoms with Crippen LogP contribution in [-0.4, -0.2) is 40.8 Å². The van der Waals surface area contributed by atoms with Gasteiger partial charge in [-0.15, -0.1) is 10.2 Å². The van der Waals surface area contributed by atoms with Gasteiger partial charge in [-0.25, -0.2) is 14.6 Å². The Morgan fingerprint density at radius 3 is 2.68 bits per heavy atom. The first-order valence-electron chi connectivity index (χ1n) is 9.22. The van der Waals surface area contributed by atoms with Gasteiger partial charge in [0, 0.05) is 11.1 Å². The molecule has 0 saturated heterocycles. The van der Waals surface area contributed by atoms with Gasteiger partial charge in [0.05, 0.1) is 17.0 Å². The van der Waals surface area contributed by atoms with Crippen LogP contribution in [0.5, 0.6) is 0 Å². The molecule has 6 aromatic rings. The first-order chi connectivity index (χ1) is 15.1. The number of rotatable bonds is 3. The number of ketones is 1. The Hall–Kier alpha value is -4.80. The molecule has 150 valence electrons. The standard InChI is InChI=1S/C20H12N8O3/c21-16-14(15(29)9-5-2-1-3-6-9)23-25-19-12-11(10-7-4-8-31-10)13-17(24-26-20(13)30)22-18(12)27-28(16)19/h1-8H,21H2,(H,26,30)(H,22,24,27). The number of anilines is 1. The van der Waals surface area contributed by atoms with Gasteiger partial charge in [-0.3, -0.25) is 14.7 Å². The molecular formula is C20H12N8O3. The summed E-state index contributed by atoms with van der Waals surface area (Å²) in [4.78, 5) is 29.7. The second-order valence-electron chi connectivity index (χ2n) is 6.84. The summed E-state index contributed by atoms with van der Waals surface area (Å²) in [5.74, 6) is 0.126. The number of furan rings is 1. The highest BCUT2D eigenvalue weighted by atomic mass is 16.3. The van der Waals surface area contributed by atoms with Gasteiger partial charge in [-0.2, -0.15) is 5.10 Å². The maximum atomic E-state index is 12.9. The fraction of sp³-hybridized carbons (Fsp3) is 0. The van der Waals surface area contributed by atoms with E-state index in [0.717, 1.165) is 0 Å². The number of aromatic amines is 2. The van der Waals surface area contributed by atoms with Gasteiger partial charge < -0.3 is 10.2 Å². The zero-order chi connectivity index (χ0) is 21.1. The van der Waals surface area contributed by atoms with E-state index in [4.69, 9.17) is 10.2 Å². The Morgan fingerprint density at radius 2 is 1.90 bits per heavy atom. The van der Waals surface area contributed by atoms with Crippen molar-refractivity contribution in [2.75, 3.05) is 5.73 Å². The number of benzene rings is 1. The van der Waals surface area contributed by atoms with Gasteiger partial charge in [0.2, 0.25) is 5.78 Å². The summed E-state index contributed by atoms with van der Waals surface area (Å²) >= 11 is 0. The zero-order valence-corrected chi connectivity index (χ0v) is 15.7. The Balaban J connectivity index is 1.70. The monoisotopic (exact) mass is 412 g/mol. The molecule has 1 aromatic carbocycles. The molecule has 0 saturated carbocycles. The minimum Gasteiger partial charge on any atom is -0.464 e. The molecule has 4 N–H and O–H groups in total. The van der Waals surface area contributed by atoms with Gasteiger partial charge >= 0.3 is 0 Å². The second-order valence-corrected chi connectivity index (χ2v) is 6.84. The number of fused-ring (bicyclic) bond motifs is 4. The molecule has 11 heteroatoms. The van der Waals surface area contributed by atoms with Crippen LogP contribution in [-0.2, 0) is 0 Å². The predicted octanol–water partition coefficient (Wildman–Crippen LogP) is 1.92. The Kier molecular flexibility index (Phi) is 3.36. The molecular weight excluding hydrogens is 400 g/mol. The van der Waals surface area contributed by atoms with Gasteiger partial charge in [0.15, 0.2) is 28.5 Å². The van der Waals surface area contributed by atoms with Crippen molar-refractivity contribution in [1.82, 2.24) is 35.0 Å². The highest BCUT2D eigenvalue weighted by Gasteiger charge is 2.25. The van der Waals surface area contributed by atoms with Gasteiger partial charge in [0.1, 0.15) is 5.76 Å². The second kappa shape index (κ2) is 6.10. The summed E-state index contributed by atoms with van der Waals surface area (Å²) in [5, 5.41) is 18.5. The Morgan fingerprint density at radius 1 is 1.06 bits per heavy atom. The zero-order valence-electron chi connectivity index (χ0n) is 15.7. The van der Waals surface area contributed by atoms with E-state index in [0.29, 0.717) is 33.6 Å². The number of carbonyl (C=O) groups is 1. The quantitative estimate of drug-likeness (QED) is 0.371. The summed E-state index contributed by atoms with van der Waals surface area (Å²) in [6.45, 7) is 0. The molecule has 11 nitrogen and oxygen atoms in total. The molecule has 0 aliphatic heterocycles. The fourth-order valence-corrected chi connectivity index (χ4v) is 3.68. The van der Waals surface area contributed by atoms with Crippen LogP contribution in [0.15, 0.2) is 57.9 Å². The molecule has 5 aromatic heterocycles. The van der Waals surface area contributed by atoms with Gasteiger partial charge in [0.25, 0.3) is 5.56 Å². The van der Waals surface area contributed by atoms with Crippen molar-refractivity contribution in [3.05, 3.63) is 70.3 Å². The lowest BCUT2D eigenvalue weighted by molar-refractivity contribution is 0.103. The Labute approximate surface area is 171 Å². The van der Waals surface area contributed by atoms with Crippen molar-refractivity contribution in [2.45, 2.75) is 0 Å². The molecule has 0 fully saturated rings. The minimum atomic E-state index is -0.410. The highest BCUT2D eigenvalue weighted by molar-refractivity contribution is 6.13.